The predicted octanol–water partition coefficient (Wildman–Crippen LogP) is 2.23. The van der Waals surface area contributed by atoms with E-state index in [0.717, 1.165) is 11.1 Å². The Hall–Kier alpha value is -3.50. The summed E-state index contributed by atoms with van der Waals surface area (Å²) in [5.74, 6) is -1.40. The quantitative estimate of drug-likeness (QED) is 0.333. The lowest BCUT2D eigenvalue weighted by atomic mass is 9.93. The van der Waals surface area contributed by atoms with Crippen molar-refractivity contribution in [1.29, 1.82) is 0 Å². The Morgan fingerprint density at radius 3 is 2.79 bits per heavy atom. The molecule has 4 N–H and O–H groups in total. The minimum absolute atomic E-state index is 0.204. The van der Waals surface area contributed by atoms with E-state index >= 15 is 0 Å². The Balaban J connectivity index is 1.87. The molecule has 2 aliphatic rings. The van der Waals surface area contributed by atoms with Gasteiger partial charge in [-0.1, -0.05) is 55.9 Å². The number of aliphatic hydroxyl groups excluding tert-OH is 2. The Morgan fingerprint density at radius 1 is 1.28 bits per heavy atom. The van der Waals surface area contributed by atoms with Crippen LogP contribution in [-0.4, -0.2) is 80.8 Å². The highest BCUT2D eigenvalue weighted by atomic mass is 16.5. The van der Waals surface area contributed by atoms with Crippen molar-refractivity contribution in [3.05, 3.63) is 65.8 Å². The van der Waals surface area contributed by atoms with Crippen molar-refractivity contribution in [2.24, 2.45) is 11.8 Å². The lowest BCUT2D eigenvalue weighted by Crippen LogP contribution is -2.44. The van der Waals surface area contributed by atoms with Gasteiger partial charge in [0.05, 0.1) is 12.3 Å². The maximum atomic E-state index is 13.3. The number of aromatic amines is 1. The lowest BCUT2D eigenvalue weighted by Gasteiger charge is -2.30. The first-order valence-corrected chi connectivity index (χ1v) is 13.4. The summed E-state index contributed by atoms with van der Waals surface area (Å²) in [7, 11) is 0. The number of carbonyl (C=O) groups excluding carboxylic acids is 3. The van der Waals surface area contributed by atoms with Crippen molar-refractivity contribution in [2.45, 2.75) is 64.7 Å². The van der Waals surface area contributed by atoms with E-state index in [1.54, 1.807) is 25.2 Å². The highest BCUT2D eigenvalue weighted by Crippen LogP contribution is 2.25. The third-order valence-corrected chi connectivity index (χ3v) is 6.96. The van der Waals surface area contributed by atoms with Gasteiger partial charge >= 0.3 is 5.97 Å². The number of imidazole rings is 1. The largest absolute Gasteiger partial charge is 0.460 e. The number of nitrogens with one attached hydrogen (secondary N) is 2. The number of ether oxygens (including phenoxy) is 1. The van der Waals surface area contributed by atoms with Gasteiger partial charge in [-0.05, 0) is 32.3 Å². The molecule has 3 heterocycles. The summed E-state index contributed by atoms with van der Waals surface area (Å²) in [6.45, 7) is 9.96. The first-order valence-electron chi connectivity index (χ1n) is 13.4. The summed E-state index contributed by atoms with van der Waals surface area (Å²) in [5, 5.41) is 23.0. The predicted molar refractivity (Wildman–Crippen MR) is 146 cm³/mol. The molecule has 39 heavy (non-hydrogen) atoms. The van der Waals surface area contributed by atoms with Gasteiger partial charge in [-0.15, -0.1) is 0 Å². The molecule has 3 rings (SSSR count). The van der Waals surface area contributed by atoms with Crippen LogP contribution in [0.5, 0.6) is 0 Å². The highest BCUT2D eigenvalue weighted by molar-refractivity contribution is 5.95. The maximum Gasteiger partial charge on any atom is 0.329 e. The van der Waals surface area contributed by atoms with Crippen LogP contribution in [0.4, 0.5) is 0 Å². The van der Waals surface area contributed by atoms with Crippen LogP contribution in [0.3, 0.4) is 0 Å². The molecule has 212 valence electrons. The first-order chi connectivity index (χ1) is 18.6. The molecule has 2 amide bonds. The van der Waals surface area contributed by atoms with Crippen LogP contribution in [0, 0.1) is 11.8 Å². The number of H-pyrrole nitrogens is 1. The summed E-state index contributed by atoms with van der Waals surface area (Å²) in [4.78, 5) is 47.7. The fourth-order valence-corrected chi connectivity index (χ4v) is 4.86. The van der Waals surface area contributed by atoms with Crippen molar-refractivity contribution in [3.8, 4) is 0 Å². The van der Waals surface area contributed by atoms with Gasteiger partial charge in [-0.2, -0.15) is 0 Å². The van der Waals surface area contributed by atoms with Crippen LogP contribution >= 0.6 is 0 Å². The number of nitrogens with zero attached hydrogens (tertiary/aromatic N) is 2. The van der Waals surface area contributed by atoms with Gasteiger partial charge < -0.3 is 30.2 Å². The number of carbonyl (C=O) groups is 3. The molecule has 2 bridgehead atoms. The second kappa shape index (κ2) is 14.0. The Bertz CT molecular complexity index is 1140. The van der Waals surface area contributed by atoms with Crippen molar-refractivity contribution >= 4 is 17.8 Å². The van der Waals surface area contributed by atoms with Crippen LogP contribution < -0.4 is 5.32 Å². The number of allylic oxidation sites excluding steroid dienone is 2. The number of aromatic nitrogens is 2. The third-order valence-electron chi connectivity index (χ3n) is 6.96. The number of aliphatic hydroxyl groups is 2. The van der Waals surface area contributed by atoms with Crippen molar-refractivity contribution < 1.29 is 29.3 Å². The Kier molecular flexibility index (Phi) is 10.8. The zero-order valence-electron chi connectivity index (χ0n) is 22.9. The molecule has 0 spiro atoms. The topological polar surface area (TPSA) is 145 Å². The van der Waals surface area contributed by atoms with Gasteiger partial charge in [0.15, 0.2) is 0 Å². The molecular formula is C29H40N4O6. The zero-order chi connectivity index (χ0) is 28.5. The smallest absolute Gasteiger partial charge is 0.329 e. The molecule has 0 aliphatic carbocycles. The summed E-state index contributed by atoms with van der Waals surface area (Å²) >= 11 is 0. The Morgan fingerprint density at radius 2 is 2.05 bits per heavy atom. The molecule has 10 nitrogen and oxygen atoms in total. The molecule has 2 aliphatic heterocycles. The molecule has 0 unspecified atom stereocenters. The van der Waals surface area contributed by atoms with E-state index in [9.17, 15) is 24.6 Å². The molecule has 1 saturated heterocycles. The van der Waals surface area contributed by atoms with Crippen molar-refractivity contribution in [3.63, 3.8) is 0 Å². The molecule has 0 radical (unpaired) electrons. The van der Waals surface area contributed by atoms with Crippen molar-refractivity contribution in [2.75, 3.05) is 19.7 Å². The second-order valence-electron chi connectivity index (χ2n) is 10.4. The van der Waals surface area contributed by atoms with Crippen LogP contribution in [0.2, 0.25) is 0 Å². The molecule has 1 fully saturated rings. The van der Waals surface area contributed by atoms with E-state index < -0.39 is 24.2 Å². The zero-order valence-corrected chi connectivity index (χ0v) is 22.9. The fourth-order valence-electron chi connectivity index (χ4n) is 4.86. The average molecular weight is 541 g/mol. The van der Waals surface area contributed by atoms with Crippen LogP contribution in [-0.2, 0) is 20.7 Å². The molecular weight excluding hydrogens is 500 g/mol. The van der Waals surface area contributed by atoms with E-state index in [-0.39, 0.29) is 36.0 Å². The van der Waals surface area contributed by atoms with Gasteiger partial charge in [-0.25, -0.2) is 9.78 Å². The minimum Gasteiger partial charge on any atom is -0.460 e. The van der Waals surface area contributed by atoms with Crippen LogP contribution in [0.25, 0.3) is 0 Å². The molecule has 0 saturated carbocycles. The van der Waals surface area contributed by atoms with E-state index in [4.69, 9.17) is 4.74 Å². The van der Waals surface area contributed by atoms with Crippen LogP contribution in [0.1, 0.15) is 56.3 Å². The van der Waals surface area contributed by atoms with E-state index in [0.29, 0.717) is 44.6 Å². The molecule has 10 heteroatoms. The third kappa shape index (κ3) is 8.49. The van der Waals surface area contributed by atoms with Crippen molar-refractivity contribution in [1.82, 2.24) is 20.2 Å². The monoisotopic (exact) mass is 540 g/mol. The number of fused-ring (bicyclic) bond motifs is 3. The average Bonchev–Trinajstić information content (AvgIpc) is 3.57. The summed E-state index contributed by atoms with van der Waals surface area (Å²) in [6.07, 6.45) is 10.2. The minimum atomic E-state index is -0.759. The number of rotatable bonds is 2. The van der Waals surface area contributed by atoms with E-state index in [1.165, 1.54) is 17.2 Å². The van der Waals surface area contributed by atoms with E-state index in [1.807, 2.05) is 19.9 Å². The van der Waals surface area contributed by atoms with Gasteiger partial charge in [0, 0.05) is 38.0 Å². The van der Waals surface area contributed by atoms with E-state index in [2.05, 4.69) is 21.9 Å². The normalized spacial score (nSPS) is 30.0. The number of cyclic esters (lactones) is 1. The fraction of sp³-hybridized carbons (Fsp3) is 0.517. The number of amides is 2. The number of hydrogen-bond donors (Lipinski definition) is 4. The molecule has 1 aromatic rings. The van der Waals surface area contributed by atoms with Gasteiger partial charge in [0.1, 0.15) is 23.7 Å². The summed E-state index contributed by atoms with van der Waals surface area (Å²) in [6, 6.07) is -0.759. The SMILES string of the molecule is C=C1Cc2ncc([nH]2)C(=O)N2CCC[C@@H]2C(=O)O[C@H]([C@@H](C)CO)[C@H](C)/C=C/C(=O)NC/C=C/C(C)=C/[C@@H](O)C1. The number of hydrogen-bond acceptors (Lipinski definition) is 7. The lowest BCUT2D eigenvalue weighted by molar-refractivity contribution is -0.159. The number of esters is 1. The maximum absolute atomic E-state index is 13.3. The second-order valence-corrected chi connectivity index (χ2v) is 10.4. The first kappa shape index (κ1) is 30.0. The standard InChI is InChI=1S/C29H40N4O6/c1-18-7-5-11-30-26(36)10-9-20(3)27(21(4)17-34)39-29(38)24-8-6-12-33(24)28(37)23-16-31-25(32-23)15-19(2)14-22(35)13-18/h5,7,9-10,13,16,20-22,24,27,34-35H,2,6,8,11-12,14-15,17H2,1,3-4H3,(H,30,36)(H,31,32)/b7-5+,10-9+,18-13+/t20-,21+,22-,24-,27+/m1/s1. The summed E-state index contributed by atoms with van der Waals surface area (Å²) < 4.78 is 5.86. The highest BCUT2D eigenvalue weighted by Gasteiger charge is 2.38. The summed E-state index contributed by atoms with van der Waals surface area (Å²) in [5.41, 5.74) is 1.84. The molecule has 0 aromatic carbocycles. The Labute approximate surface area is 229 Å². The molecule has 5 atom stereocenters. The van der Waals surface area contributed by atoms with Gasteiger partial charge in [-0.3, -0.25) is 9.59 Å². The molecule has 1 aromatic heterocycles. The van der Waals surface area contributed by atoms with Gasteiger partial charge in [0.2, 0.25) is 5.91 Å². The van der Waals surface area contributed by atoms with Gasteiger partial charge in [0.25, 0.3) is 5.91 Å². The van der Waals surface area contributed by atoms with Crippen LogP contribution in [0.15, 0.2) is 54.3 Å².